The molecule has 0 atom stereocenters. The molecule has 1 aromatic heterocycles. The number of fused-ring (bicyclic) bond motifs is 1. The number of anilines is 1. The van der Waals surface area contributed by atoms with Crippen molar-refractivity contribution in [2.24, 2.45) is 0 Å². The zero-order valence-electron chi connectivity index (χ0n) is 14.6. The molecule has 1 aliphatic heterocycles. The number of carboxylic acids is 1. The van der Waals surface area contributed by atoms with Gasteiger partial charge in [-0.15, -0.1) is 0 Å². The van der Waals surface area contributed by atoms with Crippen LogP contribution in [0.2, 0.25) is 15.1 Å². The zero-order chi connectivity index (χ0) is 20.9. The van der Waals surface area contributed by atoms with E-state index in [1.807, 2.05) is 0 Å². The molecule has 29 heavy (non-hydrogen) atoms. The molecule has 0 bridgehead atoms. The van der Waals surface area contributed by atoms with Crippen LogP contribution in [0, 0.1) is 0 Å². The molecule has 2 aromatic carbocycles. The second-order valence-corrected chi connectivity index (χ2v) is 7.72. The molecule has 1 saturated heterocycles. The standard InChI is InChI=1S/C19H12Cl3N3O4/c20-9-1-3-11(4-2-9)25-15(26)8-24(19(25)29)7-12-16-13(22)5-10(21)6-14(16)23-17(12)18(27)28/h1-6,23H,7-8H2,(H,27,28). The number of imide groups is 1. The van der Waals surface area contributed by atoms with Gasteiger partial charge in [-0.2, -0.15) is 0 Å². The van der Waals surface area contributed by atoms with E-state index in [0.717, 1.165) is 4.90 Å². The van der Waals surface area contributed by atoms with Gasteiger partial charge in [0.1, 0.15) is 12.2 Å². The number of hydrogen-bond acceptors (Lipinski definition) is 3. The van der Waals surface area contributed by atoms with Crippen molar-refractivity contribution in [1.82, 2.24) is 9.88 Å². The molecule has 148 valence electrons. The van der Waals surface area contributed by atoms with Crippen molar-refractivity contribution in [1.29, 1.82) is 0 Å². The average molecular weight is 453 g/mol. The fourth-order valence-corrected chi connectivity index (χ4v) is 4.10. The summed E-state index contributed by atoms with van der Waals surface area (Å²) < 4.78 is 0. The van der Waals surface area contributed by atoms with Gasteiger partial charge in [0.25, 0.3) is 5.91 Å². The van der Waals surface area contributed by atoms with Crippen LogP contribution in [0.25, 0.3) is 10.9 Å². The largest absolute Gasteiger partial charge is 0.477 e. The van der Waals surface area contributed by atoms with Crippen LogP contribution in [-0.4, -0.2) is 39.4 Å². The molecule has 7 nitrogen and oxygen atoms in total. The summed E-state index contributed by atoms with van der Waals surface area (Å²) in [6.45, 7) is -0.309. The molecule has 2 heterocycles. The van der Waals surface area contributed by atoms with Gasteiger partial charge in [0.2, 0.25) is 0 Å². The monoisotopic (exact) mass is 451 g/mol. The van der Waals surface area contributed by atoms with E-state index in [9.17, 15) is 19.5 Å². The number of amides is 3. The van der Waals surface area contributed by atoms with Crippen LogP contribution >= 0.6 is 34.8 Å². The molecule has 0 unspecified atom stereocenters. The highest BCUT2D eigenvalue weighted by Gasteiger charge is 2.38. The van der Waals surface area contributed by atoms with Gasteiger partial charge in [0.15, 0.2) is 0 Å². The summed E-state index contributed by atoms with van der Waals surface area (Å²) in [6, 6.07) is 8.76. The van der Waals surface area contributed by atoms with Crippen molar-refractivity contribution in [3.8, 4) is 0 Å². The number of aromatic carboxylic acids is 1. The Morgan fingerprint density at radius 2 is 1.76 bits per heavy atom. The van der Waals surface area contributed by atoms with E-state index in [1.165, 1.54) is 11.0 Å². The van der Waals surface area contributed by atoms with Crippen molar-refractivity contribution in [3.05, 3.63) is 62.7 Å². The van der Waals surface area contributed by atoms with Crippen LogP contribution in [-0.2, 0) is 11.3 Å². The molecule has 3 amide bonds. The lowest BCUT2D eigenvalue weighted by Crippen LogP contribution is -2.33. The van der Waals surface area contributed by atoms with Crippen molar-refractivity contribution in [3.63, 3.8) is 0 Å². The van der Waals surface area contributed by atoms with Crippen LogP contribution in [0.4, 0.5) is 10.5 Å². The number of halogens is 3. The molecule has 1 aliphatic rings. The minimum absolute atomic E-state index is 0.113. The van der Waals surface area contributed by atoms with E-state index in [4.69, 9.17) is 34.8 Å². The fraction of sp³-hybridized carbons (Fsp3) is 0.105. The number of nitrogens with zero attached hydrogens (tertiary/aromatic N) is 2. The maximum absolute atomic E-state index is 12.9. The van der Waals surface area contributed by atoms with Crippen LogP contribution in [0.15, 0.2) is 36.4 Å². The summed E-state index contributed by atoms with van der Waals surface area (Å²) >= 11 is 18.1. The third kappa shape index (κ3) is 3.42. The molecule has 0 spiro atoms. The van der Waals surface area contributed by atoms with Crippen LogP contribution in [0.5, 0.6) is 0 Å². The Morgan fingerprint density at radius 1 is 1.07 bits per heavy atom. The molecule has 4 rings (SSSR count). The maximum atomic E-state index is 12.9. The minimum Gasteiger partial charge on any atom is -0.477 e. The molecule has 2 N–H and O–H groups in total. The highest BCUT2D eigenvalue weighted by atomic mass is 35.5. The summed E-state index contributed by atoms with van der Waals surface area (Å²) in [6.07, 6.45) is 0. The van der Waals surface area contributed by atoms with Gasteiger partial charge in [0.05, 0.1) is 17.3 Å². The first-order valence-corrected chi connectivity index (χ1v) is 9.50. The minimum atomic E-state index is -1.21. The van der Waals surface area contributed by atoms with E-state index in [0.29, 0.717) is 32.2 Å². The molecule has 1 fully saturated rings. The number of H-pyrrole nitrogens is 1. The third-order valence-electron chi connectivity index (χ3n) is 4.60. The second kappa shape index (κ2) is 7.26. The first kappa shape index (κ1) is 19.6. The Hall–Kier alpha value is -2.74. The lowest BCUT2D eigenvalue weighted by molar-refractivity contribution is -0.116. The van der Waals surface area contributed by atoms with E-state index in [-0.39, 0.29) is 23.8 Å². The first-order chi connectivity index (χ1) is 13.8. The van der Waals surface area contributed by atoms with Crippen LogP contribution in [0.1, 0.15) is 16.1 Å². The second-order valence-electron chi connectivity index (χ2n) is 6.44. The molecular weight excluding hydrogens is 441 g/mol. The van der Waals surface area contributed by atoms with Gasteiger partial charge >= 0.3 is 12.0 Å². The number of carbonyl (C=O) groups excluding carboxylic acids is 2. The van der Waals surface area contributed by atoms with Gasteiger partial charge in [-0.05, 0) is 36.4 Å². The number of aromatic amines is 1. The molecular formula is C19H12Cl3N3O4. The summed E-state index contributed by atoms with van der Waals surface area (Å²) in [4.78, 5) is 42.1. The van der Waals surface area contributed by atoms with E-state index >= 15 is 0 Å². The number of nitrogens with one attached hydrogen (secondary N) is 1. The highest BCUT2D eigenvalue weighted by molar-refractivity contribution is 6.39. The zero-order valence-corrected chi connectivity index (χ0v) is 16.8. The third-order valence-corrected chi connectivity index (χ3v) is 5.37. The van der Waals surface area contributed by atoms with Gasteiger partial charge in [-0.1, -0.05) is 34.8 Å². The molecule has 10 heteroatoms. The van der Waals surface area contributed by atoms with Gasteiger partial charge < -0.3 is 15.0 Å². The quantitative estimate of drug-likeness (QED) is 0.556. The summed E-state index contributed by atoms with van der Waals surface area (Å²) in [7, 11) is 0. The van der Waals surface area contributed by atoms with E-state index in [1.54, 1.807) is 30.3 Å². The number of benzene rings is 2. The van der Waals surface area contributed by atoms with Crippen molar-refractivity contribution in [2.75, 3.05) is 11.4 Å². The van der Waals surface area contributed by atoms with E-state index in [2.05, 4.69) is 4.98 Å². The number of rotatable bonds is 4. The number of urea groups is 1. The van der Waals surface area contributed by atoms with Gasteiger partial charge in [0, 0.05) is 26.5 Å². The summed E-state index contributed by atoms with van der Waals surface area (Å²) in [5.41, 5.74) is 0.999. The Bertz CT molecular complexity index is 1170. The van der Waals surface area contributed by atoms with Crippen LogP contribution in [0.3, 0.4) is 0 Å². The summed E-state index contributed by atoms with van der Waals surface area (Å²) in [5, 5.41) is 11.1. The van der Waals surface area contributed by atoms with E-state index < -0.39 is 17.9 Å². The molecule has 3 aromatic rings. The fourth-order valence-electron chi connectivity index (χ4n) is 3.36. The predicted molar refractivity (Wildman–Crippen MR) is 110 cm³/mol. The highest BCUT2D eigenvalue weighted by Crippen LogP contribution is 2.34. The number of carbonyl (C=O) groups is 3. The molecule has 0 radical (unpaired) electrons. The van der Waals surface area contributed by atoms with Crippen molar-refractivity contribution in [2.45, 2.75) is 6.54 Å². The van der Waals surface area contributed by atoms with Crippen molar-refractivity contribution < 1.29 is 19.5 Å². The van der Waals surface area contributed by atoms with Gasteiger partial charge in [-0.25, -0.2) is 14.5 Å². The topological polar surface area (TPSA) is 93.7 Å². The maximum Gasteiger partial charge on any atom is 0.352 e. The Balaban J connectivity index is 1.73. The lowest BCUT2D eigenvalue weighted by atomic mass is 10.1. The predicted octanol–water partition coefficient (Wildman–Crippen LogP) is 4.80. The SMILES string of the molecule is O=C(O)c1[nH]c2cc(Cl)cc(Cl)c2c1CN1CC(=O)N(c2ccc(Cl)cc2)C1=O. The lowest BCUT2D eigenvalue weighted by Gasteiger charge is -2.17. The normalized spacial score (nSPS) is 14.3. The Morgan fingerprint density at radius 3 is 2.41 bits per heavy atom. The Labute approximate surface area is 179 Å². The molecule has 0 aliphatic carbocycles. The first-order valence-electron chi connectivity index (χ1n) is 8.36. The van der Waals surface area contributed by atoms with Gasteiger partial charge in [-0.3, -0.25) is 4.79 Å². The number of aromatic nitrogens is 1. The Kier molecular flexibility index (Phi) is 4.90. The summed E-state index contributed by atoms with van der Waals surface area (Å²) in [5.74, 6) is -1.64. The number of carboxylic acid groups (broad SMARTS) is 1. The average Bonchev–Trinajstić information content (AvgIpc) is 3.14. The van der Waals surface area contributed by atoms with Crippen LogP contribution < -0.4 is 4.90 Å². The number of hydrogen-bond donors (Lipinski definition) is 2. The van der Waals surface area contributed by atoms with Crippen molar-refractivity contribution >= 4 is 69.3 Å². The molecule has 0 saturated carbocycles. The smallest absolute Gasteiger partial charge is 0.352 e.